The summed E-state index contributed by atoms with van der Waals surface area (Å²) in [6, 6.07) is 8.90. The van der Waals surface area contributed by atoms with Gasteiger partial charge in [-0.25, -0.2) is 5.43 Å². The third-order valence-electron chi connectivity index (χ3n) is 5.60. The Kier molecular flexibility index (Phi) is 3.01. The van der Waals surface area contributed by atoms with Gasteiger partial charge in [-0.05, 0) is 30.4 Å². The molecule has 1 aromatic carbocycles. The van der Waals surface area contributed by atoms with Crippen LogP contribution in [0, 0.1) is 16.7 Å². The third kappa shape index (κ3) is 1.85. The van der Waals surface area contributed by atoms with E-state index in [9.17, 15) is 9.59 Å². The van der Waals surface area contributed by atoms with E-state index in [0.29, 0.717) is 11.3 Å². The Morgan fingerprint density at radius 1 is 1.24 bits per heavy atom. The predicted octanol–water partition coefficient (Wildman–Crippen LogP) is 2.80. The van der Waals surface area contributed by atoms with Crippen molar-refractivity contribution in [3.05, 3.63) is 35.9 Å². The van der Waals surface area contributed by atoms with Crippen LogP contribution in [0.3, 0.4) is 0 Å². The van der Waals surface area contributed by atoms with E-state index in [0.717, 1.165) is 12.8 Å². The molecular weight excluding hydrogens is 264 g/mol. The van der Waals surface area contributed by atoms with E-state index in [1.807, 2.05) is 13.0 Å². The van der Waals surface area contributed by atoms with E-state index in [1.165, 1.54) is 0 Å². The highest BCUT2D eigenvalue weighted by atomic mass is 16.2. The summed E-state index contributed by atoms with van der Waals surface area (Å²) in [6.45, 7) is 6.28. The van der Waals surface area contributed by atoms with Gasteiger partial charge in [0, 0.05) is 16.9 Å². The minimum atomic E-state index is -0.339. The van der Waals surface area contributed by atoms with Gasteiger partial charge in [0.2, 0.25) is 0 Å². The largest absolute Gasteiger partial charge is 0.292 e. The number of ketones is 1. The number of nitrogens with one attached hydrogen (secondary N) is 1. The summed E-state index contributed by atoms with van der Waals surface area (Å²) in [6.07, 6.45) is 1.88. The zero-order valence-corrected chi connectivity index (χ0v) is 12.6. The molecule has 2 bridgehead atoms. The van der Waals surface area contributed by atoms with E-state index in [2.05, 4.69) is 24.4 Å². The molecule has 0 unspecified atom stereocenters. The van der Waals surface area contributed by atoms with Gasteiger partial charge in [-0.3, -0.25) is 9.59 Å². The Labute approximate surface area is 124 Å². The minimum absolute atomic E-state index is 0.0829. The van der Waals surface area contributed by atoms with Gasteiger partial charge in [0.1, 0.15) is 5.71 Å². The number of hydrogen-bond donors (Lipinski definition) is 1. The topological polar surface area (TPSA) is 58.5 Å². The minimum Gasteiger partial charge on any atom is -0.292 e. The van der Waals surface area contributed by atoms with Crippen molar-refractivity contribution in [1.29, 1.82) is 0 Å². The molecule has 0 radical (unpaired) electrons. The van der Waals surface area contributed by atoms with E-state index < -0.39 is 0 Å². The molecule has 0 aliphatic heterocycles. The summed E-state index contributed by atoms with van der Waals surface area (Å²) in [4.78, 5) is 24.6. The highest BCUT2D eigenvalue weighted by molar-refractivity contribution is 6.45. The first-order valence-corrected chi connectivity index (χ1v) is 7.36. The van der Waals surface area contributed by atoms with Gasteiger partial charge < -0.3 is 0 Å². The zero-order chi connectivity index (χ0) is 15.3. The highest BCUT2D eigenvalue weighted by Gasteiger charge is 2.65. The van der Waals surface area contributed by atoms with Gasteiger partial charge >= 0.3 is 0 Å². The van der Waals surface area contributed by atoms with Crippen molar-refractivity contribution in [2.45, 2.75) is 33.6 Å². The second-order valence-electron chi connectivity index (χ2n) is 6.78. The summed E-state index contributed by atoms with van der Waals surface area (Å²) in [7, 11) is 0. The fourth-order valence-corrected chi connectivity index (χ4v) is 3.72. The monoisotopic (exact) mass is 284 g/mol. The molecule has 3 rings (SSSR count). The van der Waals surface area contributed by atoms with Crippen LogP contribution in [0.5, 0.6) is 0 Å². The number of amides is 1. The molecule has 110 valence electrons. The molecule has 0 saturated heterocycles. The summed E-state index contributed by atoms with van der Waals surface area (Å²) in [5, 5.41) is 4.17. The molecule has 2 saturated carbocycles. The Balaban J connectivity index is 1.83. The van der Waals surface area contributed by atoms with Gasteiger partial charge in [-0.15, -0.1) is 0 Å². The molecule has 1 aromatic rings. The molecule has 1 N–H and O–H groups in total. The van der Waals surface area contributed by atoms with Crippen LogP contribution in [0.2, 0.25) is 0 Å². The average molecular weight is 284 g/mol. The molecule has 2 atom stereocenters. The second kappa shape index (κ2) is 4.52. The number of fused-ring (bicyclic) bond motifs is 2. The Hall–Kier alpha value is -1.97. The van der Waals surface area contributed by atoms with Gasteiger partial charge in [-0.1, -0.05) is 39.0 Å². The maximum Gasteiger partial charge on any atom is 0.271 e. The lowest BCUT2D eigenvalue weighted by atomic mass is 9.70. The summed E-state index contributed by atoms with van der Waals surface area (Å²) in [5.41, 5.74) is 3.20. The van der Waals surface area contributed by atoms with Crippen molar-refractivity contribution in [3.8, 4) is 0 Å². The van der Waals surface area contributed by atoms with Crippen molar-refractivity contribution in [1.82, 2.24) is 5.43 Å². The van der Waals surface area contributed by atoms with Crippen molar-refractivity contribution in [3.63, 3.8) is 0 Å². The smallest absolute Gasteiger partial charge is 0.271 e. The maximum atomic E-state index is 12.6. The second-order valence-corrected chi connectivity index (χ2v) is 6.78. The lowest BCUT2D eigenvalue weighted by Crippen LogP contribution is -2.34. The molecule has 4 nitrogen and oxygen atoms in total. The van der Waals surface area contributed by atoms with Crippen LogP contribution in [-0.4, -0.2) is 17.4 Å². The zero-order valence-electron chi connectivity index (χ0n) is 12.6. The Bertz CT molecular complexity index is 633. The molecule has 1 amide bonds. The van der Waals surface area contributed by atoms with Crippen molar-refractivity contribution < 1.29 is 9.59 Å². The van der Waals surface area contributed by atoms with Gasteiger partial charge in [0.05, 0.1) is 0 Å². The lowest BCUT2D eigenvalue weighted by molar-refractivity contribution is -0.123. The van der Waals surface area contributed by atoms with Crippen LogP contribution in [0.4, 0.5) is 0 Å². The molecular formula is C17H20N2O2. The standard InChI is InChI=1S/C17H20N2O2/c1-16(2)12-9-10-17(16,3)14(20)13(12)18-19-15(21)11-7-5-4-6-8-11/h4-8,12H,9-10H2,1-3H3,(H,19,21)/t12-,17+/m0/s1. The number of benzene rings is 1. The van der Waals surface area contributed by atoms with Crippen molar-refractivity contribution in [2.24, 2.45) is 21.8 Å². The molecule has 2 aliphatic rings. The fraction of sp³-hybridized carbons (Fsp3) is 0.471. The third-order valence-corrected chi connectivity index (χ3v) is 5.60. The number of nitrogens with zero attached hydrogens (tertiary/aromatic N) is 1. The number of rotatable bonds is 2. The average Bonchev–Trinajstić information content (AvgIpc) is 2.78. The van der Waals surface area contributed by atoms with Gasteiger partial charge in [0.25, 0.3) is 5.91 Å². The van der Waals surface area contributed by atoms with Crippen molar-refractivity contribution >= 4 is 17.4 Å². The molecule has 0 spiro atoms. The first kappa shape index (κ1) is 14.0. The fourth-order valence-electron chi connectivity index (χ4n) is 3.72. The normalized spacial score (nSPS) is 31.7. The quantitative estimate of drug-likeness (QED) is 0.849. The van der Waals surface area contributed by atoms with Gasteiger partial charge in [-0.2, -0.15) is 5.10 Å². The number of carbonyl (C=O) groups excluding carboxylic acids is 2. The summed E-state index contributed by atoms with van der Waals surface area (Å²) in [5.74, 6) is -0.0372. The van der Waals surface area contributed by atoms with Crippen LogP contribution >= 0.6 is 0 Å². The predicted molar refractivity (Wildman–Crippen MR) is 81.0 cm³/mol. The first-order valence-electron chi connectivity index (χ1n) is 7.36. The summed E-state index contributed by atoms with van der Waals surface area (Å²) < 4.78 is 0. The number of hydrogen-bond acceptors (Lipinski definition) is 3. The molecule has 2 fully saturated rings. The molecule has 2 aliphatic carbocycles. The van der Waals surface area contributed by atoms with Crippen LogP contribution in [-0.2, 0) is 4.79 Å². The lowest BCUT2D eigenvalue weighted by Gasteiger charge is -2.31. The summed E-state index contributed by atoms with van der Waals surface area (Å²) >= 11 is 0. The number of carbonyl (C=O) groups is 2. The van der Waals surface area contributed by atoms with Crippen molar-refractivity contribution in [2.75, 3.05) is 0 Å². The molecule has 4 heteroatoms. The number of Topliss-reactive ketones (excluding diaryl/α,β-unsaturated/α-hetero) is 1. The van der Waals surface area contributed by atoms with E-state index in [4.69, 9.17) is 0 Å². The van der Waals surface area contributed by atoms with Crippen LogP contribution in [0.15, 0.2) is 35.4 Å². The van der Waals surface area contributed by atoms with E-state index >= 15 is 0 Å². The highest BCUT2D eigenvalue weighted by Crippen LogP contribution is 2.62. The molecule has 0 aromatic heterocycles. The van der Waals surface area contributed by atoms with E-state index in [-0.39, 0.29) is 28.4 Å². The Morgan fingerprint density at radius 3 is 2.48 bits per heavy atom. The van der Waals surface area contributed by atoms with Crippen LogP contribution < -0.4 is 5.43 Å². The molecule has 0 heterocycles. The first-order chi connectivity index (χ1) is 9.88. The van der Waals surface area contributed by atoms with Crippen LogP contribution in [0.25, 0.3) is 0 Å². The Morgan fingerprint density at radius 2 is 1.90 bits per heavy atom. The SMILES string of the molecule is CC1(C)[C@H]2CC[C@]1(C)C(=O)C2=NNC(=O)c1ccccc1. The number of hydrazone groups is 1. The maximum absolute atomic E-state index is 12.6. The van der Waals surface area contributed by atoms with Gasteiger partial charge in [0.15, 0.2) is 5.78 Å². The van der Waals surface area contributed by atoms with E-state index in [1.54, 1.807) is 24.3 Å². The van der Waals surface area contributed by atoms with Crippen LogP contribution in [0.1, 0.15) is 44.0 Å². The molecule has 21 heavy (non-hydrogen) atoms.